The Morgan fingerprint density at radius 1 is 1.36 bits per heavy atom. The lowest BCUT2D eigenvalue weighted by Crippen LogP contribution is -2.16. The second kappa shape index (κ2) is 7.52. The molecule has 1 fully saturated rings. The highest BCUT2D eigenvalue weighted by Crippen LogP contribution is 2.39. The van der Waals surface area contributed by atoms with E-state index in [0.29, 0.717) is 24.2 Å². The number of aryl methyl sites for hydroxylation is 1. The number of pyridine rings is 3. The summed E-state index contributed by atoms with van der Waals surface area (Å²) in [6, 6.07) is 5.79. The molecule has 28 heavy (non-hydrogen) atoms. The molecule has 4 rings (SSSR count). The van der Waals surface area contributed by atoms with Gasteiger partial charge in [0.15, 0.2) is 0 Å². The molecule has 1 amide bonds. The molecule has 1 aliphatic carbocycles. The number of nitrogens with one attached hydrogen (secondary N) is 1. The molecule has 2 atom stereocenters. The molecule has 0 bridgehead atoms. The Morgan fingerprint density at radius 3 is 3.00 bits per heavy atom. The zero-order chi connectivity index (χ0) is 19.7. The third-order valence-electron chi connectivity index (χ3n) is 5.20. The topological polar surface area (TPSA) is 103 Å². The van der Waals surface area contributed by atoms with E-state index in [-0.39, 0.29) is 11.8 Å². The molecule has 0 aromatic carbocycles. The molecule has 1 aliphatic rings. The molecule has 3 N–H and O–H groups in total. The first-order valence-corrected chi connectivity index (χ1v) is 9.40. The van der Waals surface area contributed by atoms with Crippen LogP contribution in [0.2, 0.25) is 0 Å². The largest absolute Gasteiger partial charge is 0.384 e. The Balaban J connectivity index is 1.64. The van der Waals surface area contributed by atoms with E-state index in [0.717, 1.165) is 40.4 Å². The second-order valence-corrected chi connectivity index (χ2v) is 7.12. The van der Waals surface area contributed by atoms with Gasteiger partial charge in [-0.25, -0.2) is 9.97 Å². The van der Waals surface area contributed by atoms with Crippen molar-refractivity contribution in [3.05, 3.63) is 42.4 Å². The van der Waals surface area contributed by atoms with Gasteiger partial charge >= 0.3 is 0 Å². The van der Waals surface area contributed by atoms with Crippen molar-refractivity contribution in [1.29, 1.82) is 0 Å². The van der Waals surface area contributed by atoms with E-state index >= 15 is 0 Å². The van der Waals surface area contributed by atoms with Gasteiger partial charge in [-0.2, -0.15) is 0 Å². The van der Waals surface area contributed by atoms with Crippen LogP contribution in [0.4, 0.5) is 11.6 Å². The van der Waals surface area contributed by atoms with Crippen molar-refractivity contribution in [3.8, 4) is 11.3 Å². The maximum Gasteiger partial charge on any atom is 0.229 e. The third-order valence-corrected chi connectivity index (χ3v) is 5.20. The van der Waals surface area contributed by atoms with Gasteiger partial charge in [0.25, 0.3) is 0 Å². The summed E-state index contributed by atoms with van der Waals surface area (Å²) in [5.74, 6) is 1.20. The summed E-state index contributed by atoms with van der Waals surface area (Å²) in [4.78, 5) is 25.5. The summed E-state index contributed by atoms with van der Waals surface area (Å²) in [6.07, 6.45) is 6.97. The number of amides is 1. The van der Waals surface area contributed by atoms with Crippen molar-refractivity contribution in [3.63, 3.8) is 0 Å². The van der Waals surface area contributed by atoms with Crippen LogP contribution >= 0.6 is 0 Å². The highest BCUT2D eigenvalue weighted by Gasteiger charge is 2.42. The highest BCUT2D eigenvalue weighted by atomic mass is 16.5. The third kappa shape index (κ3) is 3.53. The Hall–Kier alpha value is -3.06. The maximum atomic E-state index is 12.4. The van der Waals surface area contributed by atoms with Crippen LogP contribution in [0, 0.1) is 11.8 Å². The summed E-state index contributed by atoms with van der Waals surface area (Å²) in [5.41, 5.74) is 9.05. The molecule has 0 radical (unpaired) electrons. The van der Waals surface area contributed by atoms with Gasteiger partial charge in [-0.3, -0.25) is 9.78 Å². The summed E-state index contributed by atoms with van der Waals surface area (Å²) in [7, 11) is 1.65. The van der Waals surface area contributed by atoms with Crippen LogP contribution in [0.5, 0.6) is 0 Å². The maximum absolute atomic E-state index is 12.4. The first-order valence-electron chi connectivity index (χ1n) is 9.40. The van der Waals surface area contributed by atoms with Gasteiger partial charge in [0, 0.05) is 49.2 Å². The molecule has 0 aliphatic heterocycles. The minimum absolute atomic E-state index is 0.00183. The number of nitrogens with zero attached hydrogens (tertiary/aromatic N) is 3. The first-order chi connectivity index (χ1) is 13.6. The number of nitrogen functional groups attached to an aromatic ring is 1. The minimum atomic E-state index is -0.0170. The van der Waals surface area contributed by atoms with Crippen LogP contribution in [-0.4, -0.2) is 34.6 Å². The van der Waals surface area contributed by atoms with Crippen molar-refractivity contribution < 1.29 is 9.53 Å². The number of hydrogen-bond acceptors (Lipinski definition) is 6. The number of aromatic nitrogens is 3. The summed E-state index contributed by atoms with van der Waals surface area (Å²) < 4.78 is 5.12. The van der Waals surface area contributed by atoms with Gasteiger partial charge in [-0.1, -0.05) is 6.92 Å². The molecule has 3 heterocycles. The van der Waals surface area contributed by atoms with Crippen LogP contribution in [0.15, 0.2) is 36.8 Å². The van der Waals surface area contributed by atoms with Crippen LogP contribution in [0.1, 0.15) is 18.9 Å². The number of fused-ring (bicyclic) bond motifs is 1. The Labute approximate surface area is 163 Å². The molecule has 1 saturated carbocycles. The van der Waals surface area contributed by atoms with Gasteiger partial charge < -0.3 is 15.8 Å². The zero-order valence-corrected chi connectivity index (χ0v) is 16.0. The van der Waals surface area contributed by atoms with E-state index in [1.807, 2.05) is 18.2 Å². The molecule has 144 valence electrons. The van der Waals surface area contributed by atoms with Gasteiger partial charge in [-0.05, 0) is 47.9 Å². The molecule has 7 nitrogen and oxygen atoms in total. The number of ether oxygens (including phenoxy) is 1. The molecule has 0 unspecified atom stereocenters. The number of carbonyl (C=O) groups is 1. The Bertz CT molecular complexity index is 1040. The Morgan fingerprint density at radius 2 is 2.21 bits per heavy atom. The van der Waals surface area contributed by atoms with E-state index in [1.165, 1.54) is 0 Å². The molecule has 3 aromatic rings. The first kappa shape index (κ1) is 18.3. The average molecular weight is 377 g/mol. The van der Waals surface area contributed by atoms with Crippen LogP contribution in [-0.2, 0) is 16.0 Å². The van der Waals surface area contributed by atoms with E-state index in [4.69, 9.17) is 10.5 Å². The SMILES string of the molecule is CCc1ccncc1-c1cc2cc(NC(=O)[C@@H]3C[C@H]3COC)ncc2c(N)n1. The number of carbonyl (C=O) groups excluding carboxylic acids is 1. The monoisotopic (exact) mass is 377 g/mol. The standard InChI is InChI=1S/C21H23N5O2/c1-3-12-4-5-23-9-16(12)18-7-13-8-19(24-10-17(13)20(22)25-18)26-21(27)15-6-14(15)11-28-2/h4-5,7-10,14-15H,3,6,11H2,1-2H3,(H2,22,25)(H,24,26,27)/t14-,15+/m0/s1. The summed E-state index contributed by atoms with van der Waals surface area (Å²) in [5, 5.41) is 4.54. The molecule has 7 heteroatoms. The van der Waals surface area contributed by atoms with Gasteiger partial charge in [0.05, 0.1) is 5.69 Å². The van der Waals surface area contributed by atoms with Crippen LogP contribution in [0.3, 0.4) is 0 Å². The lowest BCUT2D eigenvalue weighted by Gasteiger charge is -2.11. The number of rotatable bonds is 6. The molecular formula is C21H23N5O2. The van der Waals surface area contributed by atoms with E-state index in [1.54, 1.807) is 25.7 Å². The van der Waals surface area contributed by atoms with Crippen molar-refractivity contribution in [2.45, 2.75) is 19.8 Å². The number of nitrogens with two attached hydrogens (primary N) is 1. The van der Waals surface area contributed by atoms with E-state index in [2.05, 4.69) is 27.2 Å². The predicted octanol–water partition coefficient (Wildman–Crippen LogP) is 3.06. The van der Waals surface area contributed by atoms with Crippen molar-refractivity contribution in [2.75, 3.05) is 24.8 Å². The molecule has 0 spiro atoms. The molecule has 3 aromatic heterocycles. The van der Waals surface area contributed by atoms with Gasteiger partial charge in [-0.15, -0.1) is 0 Å². The molecule has 0 saturated heterocycles. The van der Waals surface area contributed by atoms with Gasteiger partial charge in [0.1, 0.15) is 11.6 Å². The summed E-state index contributed by atoms with van der Waals surface area (Å²) in [6.45, 7) is 2.70. The van der Waals surface area contributed by atoms with Crippen molar-refractivity contribution in [2.24, 2.45) is 11.8 Å². The Kier molecular flexibility index (Phi) is 4.92. The molecular weight excluding hydrogens is 354 g/mol. The van der Waals surface area contributed by atoms with Gasteiger partial charge in [0.2, 0.25) is 5.91 Å². The van der Waals surface area contributed by atoms with Crippen LogP contribution < -0.4 is 11.1 Å². The fraction of sp³-hybridized carbons (Fsp3) is 0.333. The quantitative estimate of drug-likeness (QED) is 0.684. The average Bonchev–Trinajstić information content (AvgIpc) is 3.47. The normalized spacial score (nSPS) is 18.2. The lowest BCUT2D eigenvalue weighted by molar-refractivity contribution is -0.117. The van der Waals surface area contributed by atoms with Crippen molar-refractivity contribution >= 4 is 28.3 Å². The number of hydrogen-bond donors (Lipinski definition) is 2. The van der Waals surface area contributed by atoms with Crippen LogP contribution in [0.25, 0.3) is 22.0 Å². The fourth-order valence-corrected chi connectivity index (χ4v) is 3.53. The number of anilines is 2. The van der Waals surface area contributed by atoms with E-state index < -0.39 is 0 Å². The smallest absolute Gasteiger partial charge is 0.229 e. The number of methoxy groups -OCH3 is 1. The van der Waals surface area contributed by atoms with E-state index in [9.17, 15) is 4.79 Å². The summed E-state index contributed by atoms with van der Waals surface area (Å²) >= 11 is 0. The van der Waals surface area contributed by atoms with Crippen molar-refractivity contribution in [1.82, 2.24) is 15.0 Å². The fourth-order valence-electron chi connectivity index (χ4n) is 3.53. The predicted molar refractivity (Wildman–Crippen MR) is 109 cm³/mol. The second-order valence-electron chi connectivity index (χ2n) is 7.12. The minimum Gasteiger partial charge on any atom is -0.384 e. The zero-order valence-electron chi connectivity index (χ0n) is 16.0. The lowest BCUT2D eigenvalue weighted by atomic mass is 10.0. The highest BCUT2D eigenvalue weighted by molar-refractivity contribution is 5.98.